The normalized spacial score (nSPS) is 16.0. The molecule has 3 rings (SSSR count). The Labute approximate surface area is 120 Å². The van der Waals surface area contributed by atoms with Crippen molar-refractivity contribution < 1.29 is 14.6 Å². The van der Waals surface area contributed by atoms with E-state index in [1.165, 1.54) is 19.4 Å². The summed E-state index contributed by atoms with van der Waals surface area (Å²) in [5.74, 6) is -0.753. The Balaban J connectivity index is 2.28. The minimum Gasteiger partial charge on any atom is -0.481 e. The number of nitrogens with zero attached hydrogens (tertiary/aromatic N) is 2. The van der Waals surface area contributed by atoms with Crippen LogP contribution in [0.25, 0.3) is 11.4 Å². The number of hydrogen-bond donors (Lipinski definition) is 1. The Morgan fingerprint density at radius 3 is 2.90 bits per heavy atom. The molecule has 0 fully saturated rings. The summed E-state index contributed by atoms with van der Waals surface area (Å²) in [6, 6.07) is 5.10. The maximum atomic E-state index is 12.0. The fourth-order valence-corrected chi connectivity index (χ4v) is 2.65. The number of methoxy groups -OCH3 is 1. The first kappa shape index (κ1) is 13.4. The molecular formula is C15H14N2O4. The lowest BCUT2D eigenvalue weighted by molar-refractivity contribution is 0.0694. The Morgan fingerprint density at radius 2 is 2.24 bits per heavy atom. The van der Waals surface area contributed by atoms with Gasteiger partial charge in [0.05, 0.1) is 18.5 Å². The van der Waals surface area contributed by atoms with E-state index in [1.54, 1.807) is 10.6 Å². The van der Waals surface area contributed by atoms with Crippen molar-refractivity contribution in [2.24, 2.45) is 0 Å². The summed E-state index contributed by atoms with van der Waals surface area (Å²) in [6.45, 7) is 1.98. The number of fused-ring (bicyclic) bond motifs is 3. The molecule has 2 aromatic rings. The van der Waals surface area contributed by atoms with E-state index in [1.807, 2.05) is 13.0 Å². The smallest absolute Gasteiger partial charge is 0.341 e. The first-order chi connectivity index (χ1) is 10.0. The molecule has 6 nitrogen and oxygen atoms in total. The van der Waals surface area contributed by atoms with Crippen LogP contribution >= 0.6 is 0 Å². The highest BCUT2D eigenvalue weighted by Crippen LogP contribution is 2.33. The fourth-order valence-electron chi connectivity index (χ4n) is 2.65. The monoisotopic (exact) mass is 286 g/mol. The second kappa shape index (κ2) is 4.73. The van der Waals surface area contributed by atoms with Crippen molar-refractivity contribution in [3.8, 4) is 17.3 Å². The van der Waals surface area contributed by atoms with Crippen molar-refractivity contribution in [2.45, 2.75) is 19.4 Å². The maximum absolute atomic E-state index is 12.0. The number of ether oxygens (including phenoxy) is 1. The molecule has 1 N–H and O–H groups in total. The highest BCUT2D eigenvalue weighted by molar-refractivity contribution is 5.87. The summed E-state index contributed by atoms with van der Waals surface area (Å²) in [5, 5.41) is 9.08. The molecule has 0 spiro atoms. The van der Waals surface area contributed by atoms with E-state index in [2.05, 4.69) is 4.98 Å². The molecule has 3 heterocycles. The lowest BCUT2D eigenvalue weighted by atomic mass is 9.97. The first-order valence-electron chi connectivity index (χ1n) is 6.55. The molecule has 1 atom stereocenters. The zero-order valence-electron chi connectivity index (χ0n) is 11.7. The van der Waals surface area contributed by atoms with E-state index in [0.29, 0.717) is 17.3 Å². The molecule has 2 aromatic heterocycles. The Bertz CT molecular complexity index is 795. The second-order valence-corrected chi connectivity index (χ2v) is 5.06. The molecule has 0 aliphatic carbocycles. The van der Waals surface area contributed by atoms with Gasteiger partial charge in [-0.15, -0.1) is 0 Å². The van der Waals surface area contributed by atoms with Gasteiger partial charge in [-0.25, -0.2) is 9.78 Å². The Hall–Kier alpha value is -2.63. The minimum absolute atomic E-state index is 0.0568. The number of aromatic carboxylic acids is 1. The number of rotatable bonds is 2. The van der Waals surface area contributed by atoms with E-state index >= 15 is 0 Å². The first-order valence-corrected chi connectivity index (χ1v) is 6.55. The topological polar surface area (TPSA) is 81.4 Å². The quantitative estimate of drug-likeness (QED) is 0.909. The van der Waals surface area contributed by atoms with Crippen LogP contribution in [0, 0.1) is 0 Å². The molecule has 0 bridgehead atoms. The van der Waals surface area contributed by atoms with Gasteiger partial charge < -0.3 is 14.4 Å². The SMILES string of the molecule is COc1ccc2c(n1)-c1cc(=O)c(C(=O)O)cn1[C@H](C)C2. The van der Waals surface area contributed by atoms with Gasteiger partial charge in [-0.2, -0.15) is 0 Å². The number of hydrogen-bond acceptors (Lipinski definition) is 4. The summed E-state index contributed by atoms with van der Waals surface area (Å²) >= 11 is 0. The van der Waals surface area contributed by atoms with Crippen molar-refractivity contribution in [1.29, 1.82) is 0 Å². The van der Waals surface area contributed by atoms with Crippen LogP contribution in [0.1, 0.15) is 28.9 Å². The maximum Gasteiger partial charge on any atom is 0.341 e. The summed E-state index contributed by atoms with van der Waals surface area (Å²) in [7, 11) is 1.53. The highest BCUT2D eigenvalue weighted by atomic mass is 16.5. The lowest BCUT2D eigenvalue weighted by Gasteiger charge is -2.27. The molecule has 0 saturated carbocycles. The highest BCUT2D eigenvalue weighted by Gasteiger charge is 2.24. The van der Waals surface area contributed by atoms with Crippen molar-refractivity contribution in [3.63, 3.8) is 0 Å². The predicted octanol–water partition coefficient (Wildman–Crippen LogP) is 1.73. The van der Waals surface area contributed by atoms with Crippen molar-refractivity contribution in [1.82, 2.24) is 9.55 Å². The van der Waals surface area contributed by atoms with E-state index in [9.17, 15) is 9.59 Å². The van der Waals surface area contributed by atoms with Crippen molar-refractivity contribution in [2.75, 3.05) is 7.11 Å². The standard InChI is InChI=1S/C15H14N2O4/c1-8-5-9-3-4-13(21-2)16-14(9)11-6-12(18)10(15(19)20)7-17(8)11/h3-4,6-8H,5H2,1-2H3,(H,19,20)/t8-/m1/s1. The number of carboxylic acid groups (broad SMARTS) is 1. The van der Waals surface area contributed by atoms with Crippen LogP contribution in [0.15, 0.2) is 29.2 Å². The third-order valence-corrected chi connectivity index (χ3v) is 3.71. The second-order valence-electron chi connectivity index (χ2n) is 5.06. The molecule has 1 aliphatic rings. The molecule has 6 heteroatoms. The molecule has 108 valence electrons. The molecule has 21 heavy (non-hydrogen) atoms. The number of pyridine rings is 2. The van der Waals surface area contributed by atoms with Crippen molar-refractivity contribution >= 4 is 5.97 Å². The third-order valence-electron chi connectivity index (χ3n) is 3.71. The van der Waals surface area contributed by atoms with Gasteiger partial charge in [0.1, 0.15) is 5.56 Å². The Kier molecular flexibility index (Phi) is 3.01. The van der Waals surface area contributed by atoms with Crippen LogP contribution in [0.3, 0.4) is 0 Å². The van der Waals surface area contributed by atoms with Gasteiger partial charge in [0.25, 0.3) is 0 Å². The van der Waals surface area contributed by atoms with Crippen molar-refractivity contribution in [3.05, 3.63) is 45.7 Å². The Morgan fingerprint density at radius 1 is 1.48 bits per heavy atom. The van der Waals surface area contributed by atoms with E-state index in [4.69, 9.17) is 9.84 Å². The van der Waals surface area contributed by atoms with E-state index in [0.717, 1.165) is 12.0 Å². The van der Waals surface area contributed by atoms with Crippen LogP contribution in [0.4, 0.5) is 0 Å². The van der Waals surface area contributed by atoms with Gasteiger partial charge in [-0.3, -0.25) is 4.79 Å². The molecular weight excluding hydrogens is 272 g/mol. The summed E-state index contributed by atoms with van der Waals surface area (Å²) < 4.78 is 6.91. The molecule has 0 radical (unpaired) electrons. The minimum atomic E-state index is -1.22. The average Bonchev–Trinajstić information content (AvgIpc) is 2.46. The van der Waals surface area contributed by atoms with Crippen LogP contribution in [-0.4, -0.2) is 27.7 Å². The fraction of sp³-hybridized carbons (Fsp3) is 0.267. The number of aromatic nitrogens is 2. The van der Waals surface area contributed by atoms with Crippen LogP contribution in [-0.2, 0) is 6.42 Å². The number of carboxylic acids is 1. The zero-order chi connectivity index (χ0) is 15.1. The van der Waals surface area contributed by atoms with Gasteiger partial charge in [0.15, 0.2) is 5.43 Å². The molecule has 0 aromatic carbocycles. The predicted molar refractivity (Wildman–Crippen MR) is 75.9 cm³/mol. The summed E-state index contributed by atoms with van der Waals surface area (Å²) in [5.41, 5.74) is 1.57. The zero-order valence-corrected chi connectivity index (χ0v) is 11.7. The largest absolute Gasteiger partial charge is 0.481 e. The summed E-state index contributed by atoms with van der Waals surface area (Å²) in [6.07, 6.45) is 2.12. The van der Waals surface area contributed by atoms with Gasteiger partial charge in [0, 0.05) is 24.4 Å². The molecule has 1 aliphatic heterocycles. The van der Waals surface area contributed by atoms with E-state index < -0.39 is 11.4 Å². The molecule has 0 saturated heterocycles. The lowest BCUT2D eigenvalue weighted by Crippen LogP contribution is -2.24. The third kappa shape index (κ3) is 2.08. The van der Waals surface area contributed by atoms with Gasteiger partial charge in [0.2, 0.25) is 5.88 Å². The van der Waals surface area contributed by atoms with Gasteiger partial charge >= 0.3 is 5.97 Å². The van der Waals surface area contributed by atoms with Crippen LogP contribution in [0.5, 0.6) is 5.88 Å². The van der Waals surface area contributed by atoms with Crippen LogP contribution in [0.2, 0.25) is 0 Å². The number of carbonyl (C=O) groups is 1. The molecule has 0 amide bonds. The summed E-state index contributed by atoms with van der Waals surface area (Å²) in [4.78, 5) is 27.5. The van der Waals surface area contributed by atoms with Crippen LogP contribution < -0.4 is 10.2 Å². The van der Waals surface area contributed by atoms with Gasteiger partial charge in [-0.1, -0.05) is 6.07 Å². The van der Waals surface area contributed by atoms with E-state index in [-0.39, 0.29) is 11.6 Å². The molecule has 0 unspecified atom stereocenters. The van der Waals surface area contributed by atoms with Gasteiger partial charge in [-0.05, 0) is 18.9 Å². The average molecular weight is 286 g/mol.